The van der Waals surface area contributed by atoms with E-state index >= 15 is 0 Å². The lowest BCUT2D eigenvalue weighted by Gasteiger charge is -2.36. The Kier molecular flexibility index (Phi) is 5.43. The van der Waals surface area contributed by atoms with E-state index in [4.69, 9.17) is 4.99 Å². The predicted octanol–water partition coefficient (Wildman–Crippen LogP) is 5.73. The van der Waals surface area contributed by atoms with E-state index in [0.717, 1.165) is 40.4 Å². The van der Waals surface area contributed by atoms with Gasteiger partial charge in [-0.15, -0.1) is 11.3 Å². The number of hydrogen-bond acceptors (Lipinski definition) is 5. The van der Waals surface area contributed by atoms with E-state index in [0.29, 0.717) is 25.1 Å². The van der Waals surface area contributed by atoms with E-state index in [-0.39, 0.29) is 6.04 Å². The molecule has 2 N–H and O–H groups in total. The van der Waals surface area contributed by atoms with Crippen LogP contribution in [0, 0.1) is 6.92 Å². The number of aryl methyl sites for hydroxylation is 1. The standard InChI is InChI=1S/C24H23F3N4S/c1-15-12-18-22(29-20-8-4-5-9-21(20)30-23(18)32-15)31-11-10-28-17(14-31)13-16-6-2-3-7-19(16)24(25,26)27/h2-9,12,17,28,30H,10-11,13-14H2,1H3. The Morgan fingerprint density at radius 3 is 2.75 bits per heavy atom. The fraction of sp³-hybridized carbons (Fsp3) is 0.292. The van der Waals surface area contributed by atoms with Crippen molar-refractivity contribution < 1.29 is 13.2 Å². The number of piperazine rings is 1. The summed E-state index contributed by atoms with van der Waals surface area (Å²) in [6.07, 6.45) is -4.04. The van der Waals surface area contributed by atoms with Crippen LogP contribution in [0.15, 0.2) is 59.6 Å². The first-order chi connectivity index (χ1) is 15.4. The summed E-state index contributed by atoms with van der Waals surface area (Å²) >= 11 is 1.68. The van der Waals surface area contributed by atoms with Gasteiger partial charge in [0.25, 0.3) is 0 Å². The molecule has 1 fully saturated rings. The van der Waals surface area contributed by atoms with E-state index in [1.54, 1.807) is 23.5 Å². The van der Waals surface area contributed by atoms with Crippen LogP contribution in [0.1, 0.15) is 21.6 Å². The predicted molar refractivity (Wildman–Crippen MR) is 123 cm³/mol. The van der Waals surface area contributed by atoms with Crippen molar-refractivity contribution in [2.24, 2.45) is 4.99 Å². The number of para-hydroxylation sites is 2. The number of anilines is 2. The van der Waals surface area contributed by atoms with Crippen LogP contribution >= 0.6 is 11.3 Å². The first kappa shape index (κ1) is 21.0. The van der Waals surface area contributed by atoms with Crippen molar-refractivity contribution in [3.8, 4) is 0 Å². The van der Waals surface area contributed by atoms with Gasteiger partial charge >= 0.3 is 6.18 Å². The minimum absolute atomic E-state index is 0.107. The topological polar surface area (TPSA) is 39.7 Å². The first-order valence-corrected chi connectivity index (χ1v) is 11.4. The number of benzene rings is 2. The molecule has 3 aromatic rings. The molecule has 0 aliphatic carbocycles. The monoisotopic (exact) mass is 456 g/mol. The number of amidine groups is 1. The number of rotatable bonds is 2. The summed E-state index contributed by atoms with van der Waals surface area (Å²) in [4.78, 5) is 8.38. The molecule has 5 rings (SSSR count). The number of nitrogens with zero attached hydrogens (tertiary/aromatic N) is 2. The number of hydrogen-bond donors (Lipinski definition) is 2. The average Bonchev–Trinajstić information content (AvgIpc) is 3.05. The molecule has 2 aromatic carbocycles. The van der Waals surface area contributed by atoms with Gasteiger partial charge in [-0.05, 0) is 43.2 Å². The molecule has 8 heteroatoms. The third kappa shape index (κ3) is 4.12. The zero-order valence-corrected chi connectivity index (χ0v) is 18.4. The SMILES string of the molecule is Cc1cc2c(s1)Nc1ccccc1N=C2N1CCNC(Cc2ccccc2C(F)(F)F)C1. The minimum atomic E-state index is -4.35. The molecular weight excluding hydrogens is 433 g/mol. The minimum Gasteiger partial charge on any atom is -0.353 e. The summed E-state index contributed by atoms with van der Waals surface area (Å²) in [6, 6.07) is 15.8. The van der Waals surface area contributed by atoms with Gasteiger partial charge in [-0.25, -0.2) is 4.99 Å². The summed E-state index contributed by atoms with van der Waals surface area (Å²) in [7, 11) is 0. The lowest BCUT2D eigenvalue weighted by molar-refractivity contribution is -0.138. The largest absolute Gasteiger partial charge is 0.416 e. The fourth-order valence-corrected chi connectivity index (χ4v) is 5.30. The molecule has 2 aliphatic rings. The number of alkyl halides is 3. The molecule has 0 spiro atoms. The smallest absolute Gasteiger partial charge is 0.353 e. The summed E-state index contributed by atoms with van der Waals surface area (Å²) in [5.74, 6) is 0.873. The Hall–Kier alpha value is -2.84. The number of thiophene rings is 1. The first-order valence-electron chi connectivity index (χ1n) is 10.6. The van der Waals surface area contributed by atoms with Crippen molar-refractivity contribution in [1.82, 2.24) is 10.2 Å². The van der Waals surface area contributed by atoms with E-state index in [2.05, 4.69) is 28.5 Å². The molecule has 1 saturated heterocycles. The Morgan fingerprint density at radius 1 is 1.12 bits per heavy atom. The normalized spacial score (nSPS) is 18.3. The van der Waals surface area contributed by atoms with Crippen molar-refractivity contribution in [3.63, 3.8) is 0 Å². The molecule has 1 unspecified atom stereocenters. The van der Waals surface area contributed by atoms with Gasteiger partial charge in [0.05, 0.1) is 22.5 Å². The van der Waals surface area contributed by atoms with Crippen LogP contribution in [0.25, 0.3) is 0 Å². The molecule has 0 amide bonds. The average molecular weight is 457 g/mol. The van der Waals surface area contributed by atoms with Crippen molar-refractivity contribution in [2.45, 2.75) is 25.6 Å². The maximum Gasteiger partial charge on any atom is 0.416 e. The molecular formula is C24H23F3N4S. The summed E-state index contributed by atoms with van der Waals surface area (Å²) in [5, 5.41) is 7.95. The van der Waals surface area contributed by atoms with Crippen LogP contribution in [0.2, 0.25) is 0 Å². The van der Waals surface area contributed by atoms with Gasteiger partial charge in [0.15, 0.2) is 0 Å². The second-order valence-corrected chi connectivity index (χ2v) is 9.39. The van der Waals surface area contributed by atoms with E-state index in [1.165, 1.54) is 10.9 Å². The molecule has 0 saturated carbocycles. The lowest BCUT2D eigenvalue weighted by Crippen LogP contribution is -2.53. The van der Waals surface area contributed by atoms with Crippen LogP contribution in [-0.4, -0.2) is 36.4 Å². The van der Waals surface area contributed by atoms with Crippen LogP contribution in [-0.2, 0) is 12.6 Å². The molecule has 0 bridgehead atoms. The fourth-order valence-electron chi connectivity index (χ4n) is 4.38. The van der Waals surface area contributed by atoms with Gasteiger partial charge in [-0.1, -0.05) is 30.3 Å². The quantitative estimate of drug-likeness (QED) is 0.518. The van der Waals surface area contributed by atoms with Gasteiger partial charge in [0, 0.05) is 30.6 Å². The Labute approximate surface area is 188 Å². The van der Waals surface area contributed by atoms with Crippen LogP contribution in [0.3, 0.4) is 0 Å². The second-order valence-electron chi connectivity index (χ2n) is 8.13. The van der Waals surface area contributed by atoms with E-state index in [9.17, 15) is 13.2 Å². The Morgan fingerprint density at radius 2 is 1.91 bits per heavy atom. The highest BCUT2D eigenvalue weighted by molar-refractivity contribution is 7.16. The maximum atomic E-state index is 13.5. The molecule has 32 heavy (non-hydrogen) atoms. The molecule has 2 aliphatic heterocycles. The number of aliphatic imine (C=N–C) groups is 1. The van der Waals surface area contributed by atoms with E-state index in [1.807, 2.05) is 24.3 Å². The number of nitrogens with one attached hydrogen (secondary N) is 2. The molecule has 166 valence electrons. The second kappa shape index (κ2) is 8.26. The van der Waals surface area contributed by atoms with E-state index < -0.39 is 11.7 Å². The molecule has 3 heterocycles. The molecule has 1 atom stereocenters. The summed E-state index contributed by atoms with van der Waals surface area (Å²) in [5.41, 5.74) is 2.62. The van der Waals surface area contributed by atoms with Crippen molar-refractivity contribution >= 4 is 33.5 Å². The number of halogens is 3. The molecule has 1 aromatic heterocycles. The zero-order chi connectivity index (χ0) is 22.3. The van der Waals surface area contributed by atoms with Gasteiger partial charge in [0.2, 0.25) is 0 Å². The van der Waals surface area contributed by atoms with Crippen molar-refractivity contribution in [3.05, 3.63) is 76.2 Å². The van der Waals surface area contributed by atoms with Crippen LogP contribution in [0.5, 0.6) is 0 Å². The van der Waals surface area contributed by atoms with Gasteiger partial charge in [-0.3, -0.25) is 0 Å². The molecule has 4 nitrogen and oxygen atoms in total. The van der Waals surface area contributed by atoms with Crippen molar-refractivity contribution in [2.75, 3.05) is 25.0 Å². The number of fused-ring (bicyclic) bond motifs is 2. The summed E-state index contributed by atoms with van der Waals surface area (Å²) < 4.78 is 40.4. The Balaban J connectivity index is 1.45. The lowest BCUT2D eigenvalue weighted by atomic mass is 9.98. The van der Waals surface area contributed by atoms with Gasteiger partial charge in [0.1, 0.15) is 10.8 Å². The maximum absolute atomic E-state index is 13.5. The molecule has 0 radical (unpaired) electrons. The van der Waals surface area contributed by atoms with Crippen LogP contribution < -0.4 is 10.6 Å². The van der Waals surface area contributed by atoms with Gasteiger partial charge in [-0.2, -0.15) is 13.2 Å². The highest BCUT2D eigenvalue weighted by atomic mass is 32.1. The Bertz CT molecular complexity index is 1170. The zero-order valence-electron chi connectivity index (χ0n) is 17.5. The highest BCUT2D eigenvalue weighted by Gasteiger charge is 2.34. The highest BCUT2D eigenvalue weighted by Crippen LogP contribution is 2.39. The summed E-state index contributed by atoms with van der Waals surface area (Å²) in [6.45, 7) is 4.08. The van der Waals surface area contributed by atoms with Gasteiger partial charge < -0.3 is 15.5 Å². The third-order valence-corrected chi connectivity index (χ3v) is 6.78. The van der Waals surface area contributed by atoms with Crippen LogP contribution in [0.4, 0.5) is 29.5 Å². The van der Waals surface area contributed by atoms with Crippen molar-refractivity contribution in [1.29, 1.82) is 0 Å². The third-order valence-electron chi connectivity index (χ3n) is 5.82.